The number of amides is 1. The number of para-hydroxylation sites is 2. The molecular weight excluding hydrogens is 337 g/mol. The van der Waals surface area contributed by atoms with Crippen LogP contribution in [0.5, 0.6) is 11.5 Å². The molecule has 1 N–H and O–H groups in total. The summed E-state index contributed by atoms with van der Waals surface area (Å²) in [5.74, 6) is 0.576. The van der Waals surface area contributed by atoms with E-state index in [-0.39, 0.29) is 18.3 Å². The second-order valence-corrected chi connectivity index (χ2v) is 6.56. The van der Waals surface area contributed by atoms with Crippen molar-refractivity contribution in [3.63, 3.8) is 0 Å². The molecule has 1 saturated heterocycles. The van der Waals surface area contributed by atoms with Crippen molar-refractivity contribution in [2.75, 3.05) is 19.8 Å². The Morgan fingerprint density at radius 1 is 1.08 bits per heavy atom. The van der Waals surface area contributed by atoms with Crippen molar-refractivity contribution in [3.8, 4) is 11.5 Å². The summed E-state index contributed by atoms with van der Waals surface area (Å²) < 4.78 is 30.6. The Bertz CT molecular complexity index is 804. The van der Waals surface area contributed by atoms with Gasteiger partial charge in [0.1, 0.15) is 12.4 Å². The molecule has 0 aliphatic carbocycles. The van der Waals surface area contributed by atoms with Gasteiger partial charge in [-0.25, -0.2) is 4.39 Å². The van der Waals surface area contributed by atoms with E-state index in [1.807, 2.05) is 18.2 Å². The van der Waals surface area contributed by atoms with E-state index in [0.29, 0.717) is 37.6 Å². The Balaban J connectivity index is 1.56. The zero-order valence-electron chi connectivity index (χ0n) is 14.2. The van der Waals surface area contributed by atoms with Gasteiger partial charge < -0.3 is 19.5 Å². The standard InChI is InChI=1S/C20H20FNO4/c21-15-5-3-4-14(12-15)20(8-10-24-11-9-20)22-19(23)18-13-25-16-6-1-2-7-17(16)26-18/h1-7,12,18H,8-11,13H2,(H,22,23). The average Bonchev–Trinajstić information content (AvgIpc) is 2.68. The van der Waals surface area contributed by atoms with Crippen LogP contribution in [0.2, 0.25) is 0 Å². The second kappa shape index (κ2) is 6.96. The van der Waals surface area contributed by atoms with Crippen LogP contribution in [-0.4, -0.2) is 31.8 Å². The molecule has 5 nitrogen and oxygen atoms in total. The van der Waals surface area contributed by atoms with E-state index in [1.54, 1.807) is 18.2 Å². The fraction of sp³-hybridized carbons (Fsp3) is 0.350. The summed E-state index contributed by atoms with van der Waals surface area (Å²) in [4.78, 5) is 12.9. The lowest BCUT2D eigenvalue weighted by molar-refractivity contribution is -0.134. The number of carbonyl (C=O) groups is 1. The molecule has 2 aromatic carbocycles. The molecule has 1 fully saturated rings. The first-order valence-corrected chi connectivity index (χ1v) is 8.71. The summed E-state index contributed by atoms with van der Waals surface area (Å²) in [5, 5.41) is 3.09. The molecule has 4 rings (SSSR count). The van der Waals surface area contributed by atoms with Gasteiger partial charge in [0, 0.05) is 13.2 Å². The van der Waals surface area contributed by atoms with Gasteiger partial charge in [-0.15, -0.1) is 0 Å². The van der Waals surface area contributed by atoms with Crippen LogP contribution in [0.4, 0.5) is 4.39 Å². The normalized spacial score (nSPS) is 21.0. The predicted octanol–water partition coefficient (Wildman–Crippen LogP) is 2.79. The van der Waals surface area contributed by atoms with E-state index in [1.165, 1.54) is 12.1 Å². The van der Waals surface area contributed by atoms with Crippen molar-refractivity contribution < 1.29 is 23.4 Å². The van der Waals surface area contributed by atoms with Crippen molar-refractivity contribution in [1.82, 2.24) is 5.32 Å². The van der Waals surface area contributed by atoms with E-state index < -0.39 is 11.6 Å². The Kier molecular flexibility index (Phi) is 4.51. The first-order chi connectivity index (χ1) is 12.7. The number of carbonyl (C=O) groups excluding carboxylic acids is 1. The average molecular weight is 357 g/mol. The number of fused-ring (bicyclic) bond motifs is 1. The predicted molar refractivity (Wildman–Crippen MR) is 92.6 cm³/mol. The van der Waals surface area contributed by atoms with Crippen molar-refractivity contribution >= 4 is 5.91 Å². The first-order valence-electron chi connectivity index (χ1n) is 8.71. The molecule has 136 valence electrons. The molecule has 0 spiro atoms. The second-order valence-electron chi connectivity index (χ2n) is 6.56. The third kappa shape index (κ3) is 3.24. The zero-order chi connectivity index (χ0) is 18.0. The highest BCUT2D eigenvalue weighted by Gasteiger charge is 2.39. The number of ether oxygens (including phenoxy) is 3. The van der Waals surface area contributed by atoms with E-state index >= 15 is 0 Å². The lowest BCUT2D eigenvalue weighted by atomic mass is 9.82. The van der Waals surface area contributed by atoms with Crippen LogP contribution < -0.4 is 14.8 Å². The van der Waals surface area contributed by atoms with Crippen LogP contribution >= 0.6 is 0 Å². The van der Waals surface area contributed by atoms with Gasteiger partial charge in [0.25, 0.3) is 5.91 Å². The molecule has 0 bridgehead atoms. The Morgan fingerprint density at radius 2 is 1.85 bits per heavy atom. The summed E-state index contributed by atoms with van der Waals surface area (Å²) in [6.07, 6.45) is 0.400. The maximum absolute atomic E-state index is 13.8. The highest BCUT2D eigenvalue weighted by molar-refractivity contribution is 5.82. The SMILES string of the molecule is O=C(NC1(c2cccc(F)c2)CCOCC1)C1COc2ccccc2O1. The molecule has 2 heterocycles. The van der Waals surface area contributed by atoms with Crippen LogP contribution in [0.25, 0.3) is 0 Å². The van der Waals surface area contributed by atoms with Gasteiger partial charge in [-0.05, 0) is 42.7 Å². The summed E-state index contributed by atoms with van der Waals surface area (Å²) in [5.41, 5.74) is 0.0730. The van der Waals surface area contributed by atoms with Crippen LogP contribution in [0.1, 0.15) is 18.4 Å². The summed E-state index contributed by atoms with van der Waals surface area (Å²) in [7, 11) is 0. The molecule has 2 aromatic rings. The minimum Gasteiger partial charge on any atom is -0.485 e. The number of nitrogens with one attached hydrogen (secondary N) is 1. The number of hydrogen-bond acceptors (Lipinski definition) is 4. The van der Waals surface area contributed by atoms with Gasteiger partial charge in [0.05, 0.1) is 5.54 Å². The van der Waals surface area contributed by atoms with Crippen LogP contribution in [0, 0.1) is 5.82 Å². The van der Waals surface area contributed by atoms with Gasteiger partial charge in [-0.3, -0.25) is 4.79 Å². The van der Waals surface area contributed by atoms with Crippen molar-refractivity contribution in [3.05, 3.63) is 59.9 Å². The number of rotatable bonds is 3. The molecule has 26 heavy (non-hydrogen) atoms. The Hall–Kier alpha value is -2.60. The fourth-order valence-electron chi connectivity index (χ4n) is 3.46. The monoisotopic (exact) mass is 357 g/mol. The molecule has 0 saturated carbocycles. The summed E-state index contributed by atoms with van der Waals surface area (Å²) in [6, 6.07) is 13.6. The van der Waals surface area contributed by atoms with Gasteiger partial charge in [0.2, 0.25) is 6.10 Å². The topological polar surface area (TPSA) is 56.8 Å². The van der Waals surface area contributed by atoms with E-state index in [0.717, 1.165) is 5.56 Å². The lowest BCUT2D eigenvalue weighted by Crippen LogP contribution is -2.55. The fourth-order valence-corrected chi connectivity index (χ4v) is 3.46. The lowest BCUT2D eigenvalue weighted by Gasteiger charge is -2.39. The largest absolute Gasteiger partial charge is 0.485 e. The Labute approximate surface area is 151 Å². The van der Waals surface area contributed by atoms with Gasteiger partial charge in [-0.1, -0.05) is 24.3 Å². The molecule has 2 aliphatic rings. The summed E-state index contributed by atoms with van der Waals surface area (Å²) >= 11 is 0. The third-order valence-corrected chi connectivity index (χ3v) is 4.89. The molecular formula is C20H20FNO4. The van der Waals surface area contributed by atoms with Crippen LogP contribution in [0.15, 0.2) is 48.5 Å². The molecule has 0 aromatic heterocycles. The van der Waals surface area contributed by atoms with Gasteiger partial charge in [0.15, 0.2) is 11.5 Å². The smallest absolute Gasteiger partial charge is 0.265 e. The molecule has 6 heteroatoms. The third-order valence-electron chi connectivity index (χ3n) is 4.89. The molecule has 0 radical (unpaired) electrons. The molecule has 2 aliphatic heterocycles. The quantitative estimate of drug-likeness (QED) is 0.918. The maximum Gasteiger partial charge on any atom is 0.265 e. The molecule has 1 unspecified atom stereocenters. The minimum atomic E-state index is -0.752. The van der Waals surface area contributed by atoms with E-state index in [4.69, 9.17) is 14.2 Å². The van der Waals surface area contributed by atoms with Crippen molar-refractivity contribution in [2.24, 2.45) is 0 Å². The zero-order valence-corrected chi connectivity index (χ0v) is 14.2. The minimum absolute atomic E-state index is 0.137. The van der Waals surface area contributed by atoms with Crippen molar-refractivity contribution in [2.45, 2.75) is 24.5 Å². The first kappa shape index (κ1) is 16.8. The van der Waals surface area contributed by atoms with Gasteiger partial charge in [-0.2, -0.15) is 0 Å². The Morgan fingerprint density at radius 3 is 2.62 bits per heavy atom. The summed E-state index contributed by atoms with van der Waals surface area (Å²) in [6.45, 7) is 1.14. The number of hydrogen-bond donors (Lipinski definition) is 1. The van der Waals surface area contributed by atoms with E-state index in [2.05, 4.69) is 5.32 Å². The van der Waals surface area contributed by atoms with Gasteiger partial charge >= 0.3 is 0 Å². The van der Waals surface area contributed by atoms with Crippen LogP contribution in [0.3, 0.4) is 0 Å². The number of benzene rings is 2. The molecule has 1 amide bonds. The highest BCUT2D eigenvalue weighted by Crippen LogP contribution is 2.34. The highest BCUT2D eigenvalue weighted by atomic mass is 19.1. The van der Waals surface area contributed by atoms with Crippen molar-refractivity contribution in [1.29, 1.82) is 0 Å². The number of halogens is 1. The maximum atomic E-state index is 13.8. The van der Waals surface area contributed by atoms with Crippen LogP contribution in [-0.2, 0) is 15.1 Å². The molecule has 1 atom stereocenters. The van der Waals surface area contributed by atoms with E-state index in [9.17, 15) is 9.18 Å².